The lowest BCUT2D eigenvalue weighted by molar-refractivity contribution is -0.135. The van der Waals surface area contributed by atoms with Crippen LogP contribution in [-0.2, 0) is 54.5 Å². The molecule has 5 rings (SSSR count). The summed E-state index contributed by atoms with van der Waals surface area (Å²) in [5.41, 5.74) is 58.8. The highest BCUT2D eigenvalue weighted by Crippen LogP contribution is 2.33. The van der Waals surface area contributed by atoms with Crippen LogP contribution < -0.4 is 148 Å². The number of tetrazole rings is 1. The van der Waals surface area contributed by atoms with Crippen molar-refractivity contribution < 1.29 is 52.7 Å². The van der Waals surface area contributed by atoms with Crippen LogP contribution in [0.1, 0.15) is 131 Å². The highest BCUT2D eigenvalue weighted by Gasteiger charge is 2.36. The predicted molar refractivity (Wildman–Crippen MR) is 466 cm³/mol. The van der Waals surface area contributed by atoms with Gasteiger partial charge in [0.05, 0.1) is 0 Å². The van der Waals surface area contributed by atoms with Gasteiger partial charge < -0.3 is 152 Å². The number of H-pyrrole nitrogens is 1. The molecule has 0 aliphatic carbocycles. The van der Waals surface area contributed by atoms with Crippen molar-refractivity contribution in [2.45, 2.75) is 176 Å². The zero-order valence-electron chi connectivity index (χ0n) is 69.2. The summed E-state index contributed by atoms with van der Waals surface area (Å²) in [5.74, 6) is -13.2. The summed E-state index contributed by atoms with van der Waals surface area (Å²) in [6.07, 6.45) is -1.82. The topological polar surface area (TPSA) is 903 Å². The Bertz CT molecular complexity index is 4560. The third kappa shape index (κ3) is 37.2. The van der Waals surface area contributed by atoms with Crippen molar-refractivity contribution in [1.82, 2.24) is 116 Å². The number of carbonyl (C=O) groups is 11. The average molecular weight is 1750 g/mol. The molecule has 11 amide bonds. The van der Waals surface area contributed by atoms with Crippen molar-refractivity contribution in [3.63, 3.8) is 0 Å². The molecular formula is C74H120N40O11. The van der Waals surface area contributed by atoms with E-state index in [2.05, 4.69) is 116 Å². The summed E-state index contributed by atoms with van der Waals surface area (Å²) in [6, 6.07) is 6.42. The van der Waals surface area contributed by atoms with Crippen LogP contribution in [0.2, 0.25) is 0 Å². The number of hydrogen-bond donors (Lipinski definition) is 36. The molecule has 5 aromatic rings. The smallest absolute Gasteiger partial charge is 0.251 e. The minimum Gasteiger partial charge on any atom is -0.370 e. The normalized spacial score (nSPS) is 13.0. The first-order valence-corrected chi connectivity index (χ1v) is 40.3. The summed E-state index contributed by atoms with van der Waals surface area (Å²) in [7, 11) is 0. The monoisotopic (exact) mass is 1750 g/mol. The molecule has 0 radical (unpaired) electrons. The number of guanidine groups is 8. The van der Waals surface area contributed by atoms with Gasteiger partial charge in [0, 0.05) is 98.3 Å². The number of aromatic amines is 1. The second-order valence-corrected chi connectivity index (χ2v) is 29.0. The second kappa shape index (κ2) is 52.8. The van der Waals surface area contributed by atoms with Crippen LogP contribution in [0.15, 0.2) is 66.7 Å². The molecule has 0 fully saturated rings. The summed E-state index contributed by atoms with van der Waals surface area (Å²) < 4.78 is 2.09. The van der Waals surface area contributed by atoms with E-state index in [9.17, 15) is 43.2 Å². The van der Waals surface area contributed by atoms with Crippen LogP contribution in [0, 0.1) is 43.3 Å². The van der Waals surface area contributed by atoms with Gasteiger partial charge in [-0.2, -0.15) is 5.21 Å². The maximum Gasteiger partial charge on any atom is 0.251 e. The number of benzene rings is 3. The number of nitrogens with zero attached hydrogens (tertiary/aromatic N) is 4. The summed E-state index contributed by atoms with van der Waals surface area (Å²) >= 11 is 0. The Hall–Kier alpha value is -15.1. The fourth-order valence-electron chi connectivity index (χ4n) is 13.0. The highest BCUT2D eigenvalue weighted by atomic mass is 16.2. The SMILES string of the molecule is N=C(N)NCCC[C@H](NC(=O)[C@H](CCCNC(=N)N)NC(=O)[C@H](CCCNC(=N)N)NC(=O)[C@H](CCCNC(=N)N)NC(=O)CC[C@H](NC(=O)c1ccc(Cn2c3ccccc3c3cc(-c4nn[nH]n4)ccc32)cc1)C(=O)N[C@@H](CCCNC(=N)N)C(=O)N[C@@H](CCCNC(=N)N)C(=O)N[C@@H](CCCNC(=N)N)C(=O)N[C@@H](CCCNC(=N)N)C(N)=O)C(N)=O. The van der Waals surface area contributed by atoms with E-state index in [4.69, 9.17) is 101 Å². The van der Waals surface area contributed by atoms with Gasteiger partial charge in [0.25, 0.3) is 5.91 Å². The molecule has 51 heteroatoms. The zero-order chi connectivity index (χ0) is 92.1. The molecule has 125 heavy (non-hydrogen) atoms. The van der Waals surface area contributed by atoms with Gasteiger partial charge in [-0.15, -0.1) is 10.2 Å². The first-order valence-electron chi connectivity index (χ1n) is 40.3. The Morgan fingerprint density at radius 2 is 0.632 bits per heavy atom. The molecule has 0 aliphatic heterocycles. The van der Waals surface area contributed by atoms with E-state index in [1.807, 2.05) is 42.5 Å². The standard InChI is InChI=1S/C74H120N40O11/c75-56(116)44(12-3-29-93-67(77)78)102-61(120)47(15-6-32-96-70(83)84)106-63(122)49(17-8-34-98-72(87)88)105-60(119)46(14-5-31-95-69(81)82)101-55(115)28-26-52(104-59(118)40-23-21-39(22-24-40)38-114-53-20-2-1-11-42(53)43-37-41(25-27-54(43)114)58-110-112-113-111-58)66(125)109-51(19-10-36-100-74(91)92)65(124)108-50(18-9-35-99-73(89)90)64(123)107-48(16-7-33-97-71(85)86)62(121)103-45(57(76)117)13-4-30-94-68(79)80/h1-2,11,20-25,27,37,44-52H,3-10,12-19,26,28-36,38H2,(H2,75,116)(H2,76,117)(H,101,115)(H,102,120)(H,103,121)(H,104,118)(H,105,119)(H,106,122)(H,107,123)(H,108,124)(H,109,125)(H4,77,78,93)(H4,79,80,94)(H4,81,82,95)(H4,83,84,96)(H4,85,86,97)(H4,87,88,98)(H4,89,90,99)(H4,91,92,100)(H,110,111,112,113)/t44-,45-,46-,47-,48-,49-,50-,51-,52-/m0/s1. The number of rotatable bonds is 57. The molecule has 0 unspecified atom stereocenters. The minimum absolute atomic E-state index is 0.00146. The van der Waals surface area contributed by atoms with E-state index < -0.39 is 168 Å². The average Bonchev–Trinajstić information content (AvgIpc) is 1.60. The molecule has 682 valence electrons. The fourth-order valence-corrected chi connectivity index (χ4v) is 13.0. The third-order valence-corrected chi connectivity index (χ3v) is 19.2. The van der Waals surface area contributed by atoms with Gasteiger partial charge >= 0.3 is 0 Å². The lowest BCUT2D eigenvalue weighted by Gasteiger charge is -2.27. The Labute approximate surface area is 718 Å². The number of nitrogens with one attached hydrogen (secondary N) is 26. The summed E-state index contributed by atoms with van der Waals surface area (Å²) in [6.45, 7) is 0.559. The number of nitrogens with two attached hydrogens (primary N) is 10. The summed E-state index contributed by atoms with van der Waals surface area (Å²) in [5, 5.41) is 122. The van der Waals surface area contributed by atoms with Crippen LogP contribution in [0.4, 0.5) is 0 Å². The molecule has 0 bridgehead atoms. The molecule has 0 spiro atoms. The minimum atomic E-state index is -1.74. The number of amides is 11. The van der Waals surface area contributed by atoms with Crippen molar-refractivity contribution in [1.29, 1.82) is 43.3 Å². The quantitative estimate of drug-likeness (QED) is 0.00976. The van der Waals surface area contributed by atoms with Gasteiger partial charge in [0.15, 0.2) is 47.7 Å². The van der Waals surface area contributed by atoms with E-state index in [0.717, 1.165) is 32.9 Å². The molecule has 0 saturated heterocycles. The van der Waals surface area contributed by atoms with E-state index in [0.29, 0.717) is 12.4 Å². The lowest BCUT2D eigenvalue weighted by Crippen LogP contribution is -2.59. The number of carbonyl (C=O) groups excluding carboxylic acids is 11. The van der Waals surface area contributed by atoms with E-state index >= 15 is 9.59 Å². The van der Waals surface area contributed by atoms with Crippen LogP contribution in [0.5, 0.6) is 0 Å². The molecule has 0 saturated carbocycles. The van der Waals surface area contributed by atoms with E-state index in [1.165, 1.54) is 12.1 Å². The van der Waals surface area contributed by atoms with Crippen LogP contribution in [0.3, 0.4) is 0 Å². The summed E-state index contributed by atoms with van der Waals surface area (Å²) in [4.78, 5) is 158. The van der Waals surface area contributed by atoms with Gasteiger partial charge in [0.1, 0.15) is 54.4 Å². The van der Waals surface area contributed by atoms with Crippen molar-refractivity contribution in [2.24, 2.45) is 57.3 Å². The molecule has 9 atom stereocenters. The molecule has 51 nitrogen and oxygen atoms in total. The molecule has 0 aliphatic rings. The fraction of sp³-hybridized carbons (Fsp3) is 0.486. The predicted octanol–water partition coefficient (Wildman–Crippen LogP) is -8.14. The Balaban J connectivity index is 1.55. The first kappa shape index (κ1) is 100. The molecule has 3 aromatic carbocycles. The number of primary amides is 2. The number of aromatic nitrogens is 5. The van der Waals surface area contributed by atoms with Crippen LogP contribution in [-0.4, -0.2) is 245 Å². The van der Waals surface area contributed by atoms with E-state index in [1.54, 1.807) is 12.1 Å². The van der Waals surface area contributed by atoms with Gasteiger partial charge in [-0.25, -0.2) is 0 Å². The number of para-hydroxylation sites is 1. The first-order chi connectivity index (χ1) is 59.5. The molecule has 46 N–H and O–H groups in total. The number of hydrogen-bond acceptors (Lipinski definition) is 22. The Kier molecular flexibility index (Phi) is 42.4. The zero-order valence-corrected chi connectivity index (χ0v) is 69.2. The van der Waals surface area contributed by atoms with Crippen LogP contribution in [0.25, 0.3) is 33.2 Å². The van der Waals surface area contributed by atoms with Crippen molar-refractivity contribution in [3.05, 3.63) is 77.9 Å². The number of fused-ring (bicyclic) bond motifs is 3. The Morgan fingerprint density at radius 1 is 0.336 bits per heavy atom. The highest BCUT2D eigenvalue weighted by molar-refractivity contribution is 6.09. The molecule has 2 aromatic heterocycles. The maximum atomic E-state index is 15.3. The Morgan fingerprint density at radius 3 is 0.944 bits per heavy atom. The van der Waals surface area contributed by atoms with Gasteiger partial charge in [-0.3, -0.25) is 96.0 Å². The van der Waals surface area contributed by atoms with Gasteiger partial charge in [-0.1, -0.05) is 30.3 Å². The van der Waals surface area contributed by atoms with E-state index in [-0.39, 0.29) is 173 Å². The van der Waals surface area contributed by atoms with Gasteiger partial charge in [-0.05, 0) is 156 Å². The second-order valence-electron chi connectivity index (χ2n) is 29.0. The van der Waals surface area contributed by atoms with Crippen LogP contribution >= 0.6 is 0 Å². The largest absolute Gasteiger partial charge is 0.370 e. The molecular weight excluding hydrogens is 1630 g/mol. The van der Waals surface area contributed by atoms with Gasteiger partial charge in [0.2, 0.25) is 64.9 Å². The molecule has 2 heterocycles. The third-order valence-electron chi connectivity index (χ3n) is 19.2. The maximum absolute atomic E-state index is 15.3. The lowest BCUT2D eigenvalue weighted by atomic mass is 10.0. The van der Waals surface area contributed by atoms with Crippen molar-refractivity contribution in [3.8, 4) is 11.4 Å². The van der Waals surface area contributed by atoms with Crippen molar-refractivity contribution >= 4 is 134 Å². The van der Waals surface area contributed by atoms with Crippen molar-refractivity contribution in [2.75, 3.05) is 52.4 Å².